The van der Waals surface area contributed by atoms with Crippen molar-refractivity contribution in [2.45, 2.75) is 0 Å². The van der Waals surface area contributed by atoms with E-state index in [1.165, 1.54) is 0 Å². The van der Waals surface area contributed by atoms with Crippen LogP contribution in [0.15, 0.2) is 33.7 Å². The van der Waals surface area contributed by atoms with E-state index < -0.39 is 0 Å². The molecule has 14 heavy (non-hydrogen) atoms. The smallest absolute Gasteiger partial charge is 0.258 e. The molecule has 4 heteroatoms. The Morgan fingerprint density at radius 2 is 2.36 bits per heavy atom. The molecule has 0 bridgehead atoms. The van der Waals surface area contributed by atoms with Crippen molar-refractivity contribution < 1.29 is 9.53 Å². The molecule has 72 valence electrons. The van der Waals surface area contributed by atoms with E-state index in [1.807, 2.05) is 12.1 Å². The lowest BCUT2D eigenvalue weighted by atomic mass is 10.1. The maximum absolute atomic E-state index is 11.7. The van der Waals surface area contributed by atoms with Crippen molar-refractivity contribution in [3.63, 3.8) is 0 Å². The molecule has 0 aromatic heterocycles. The molecule has 1 aliphatic heterocycles. The molecule has 0 aliphatic carbocycles. The fraction of sp³-hybridized carbons (Fsp3) is 0.200. The fourth-order valence-corrected chi connectivity index (χ4v) is 1.62. The standard InChI is InChI=1S/C10H8BrNO2/c11-8-3-1-2-7(6-8)9(13)10-12-4-5-14-10/h1-3,6H,4-5H2. The van der Waals surface area contributed by atoms with Crippen LogP contribution in [0.4, 0.5) is 0 Å². The summed E-state index contributed by atoms with van der Waals surface area (Å²) in [6, 6.07) is 7.19. The summed E-state index contributed by atoms with van der Waals surface area (Å²) in [5, 5.41) is 0. The number of Topliss-reactive ketones (excluding diaryl/α,β-unsaturated/α-hetero) is 1. The van der Waals surface area contributed by atoms with Crippen LogP contribution in [0.1, 0.15) is 10.4 Å². The number of carbonyl (C=O) groups is 1. The summed E-state index contributed by atoms with van der Waals surface area (Å²) in [7, 11) is 0. The van der Waals surface area contributed by atoms with E-state index >= 15 is 0 Å². The molecule has 1 heterocycles. The number of benzene rings is 1. The first kappa shape index (κ1) is 9.40. The lowest BCUT2D eigenvalue weighted by Crippen LogP contribution is -2.14. The minimum absolute atomic E-state index is 0.149. The van der Waals surface area contributed by atoms with E-state index in [0.29, 0.717) is 18.7 Å². The second-order valence-corrected chi connectivity index (χ2v) is 3.79. The number of hydrogen-bond acceptors (Lipinski definition) is 3. The van der Waals surface area contributed by atoms with Crippen molar-refractivity contribution in [3.8, 4) is 0 Å². The van der Waals surface area contributed by atoms with Gasteiger partial charge in [0.1, 0.15) is 6.61 Å². The van der Waals surface area contributed by atoms with Gasteiger partial charge in [-0.05, 0) is 12.1 Å². The summed E-state index contributed by atoms with van der Waals surface area (Å²) in [5.41, 5.74) is 0.597. The number of hydrogen-bond donors (Lipinski definition) is 0. The Morgan fingerprint density at radius 1 is 1.50 bits per heavy atom. The zero-order chi connectivity index (χ0) is 9.97. The van der Waals surface area contributed by atoms with E-state index in [4.69, 9.17) is 4.74 Å². The van der Waals surface area contributed by atoms with Crippen LogP contribution in [0.2, 0.25) is 0 Å². The molecule has 0 N–H and O–H groups in total. The van der Waals surface area contributed by atoms with Crippen molar-refractivity contribution in [2.24, 2.45) is 4.99 Å². The summed E-state index contributed by atoms with van der Waals surface area (Å²) in [5.74, 6) is 0.0758. The van der Waals surface area contributed by atoms with Gasteiger partial charge in [0.15, 0.2) is 0 Å². The number of ketones is 1. The summed E-state index contributed by atoms with van der Waals surface area (Å²) in [6.07, 6.45) is 0. The maximum Gasteiger partial charge on any atom is 0.258 e. The van der Waals surface area contributed by atoms with Crippen molar-refractivity contribution in [1.29, 1.82) is 0 Å². The third kappa shape index (κ3) is 1.85. The highest BCUT2D eigenvalue weighted by Gasteiger charge is 2.18. The van der Waals surface area contributed by atoms with Crippen LogP contribution in [0.25, 0.3) is 0 Å². The highest BCUT2D eigenvalue weighted by atomic mass is 79.9. The predicted molar refractivity (Wildman–Crippen MR) is 56.7 cm³/mol. The van der Waals surface area contributed by atoms with Gasteiger partial charge in [0.05, 0.1) is 6.54 Å². The number of carbonyl (C=O) groups excluding carboxylic acids is 1. The average molecular weight is 254 g/mol. The Morgan fingerprint density at radius 3 is 3.00 bits per heavy atom. The molecule has 2 rings (SSSR count). The number of halogens is 1. The number of rotatable bonds is 2. The van der Waals surface area contributed by atoms with E-state index in [1.54, 1.807) is 12.1 Å². The minimum atomic E-state index is -0.149. The van der Waals surface area contributed by atoms with Crippen molar-refractivity contribution in [1.82, 2.24) is 0 Å². The number of ether oxygens (including phenoxy) is 1. The van der Waals surface area contributed by atoms with Gasteiger partial charge in [-0.25, -0.2) is 4.99 Å². The topological polar surface area (TPSA) is 38.7 Å². The van der Waals surface area contributed by atoms with Crippen molar-refractivity contribution in [3.05, 3.63) is 34.3 Å². The lowest BCUT2D eigenvalue weighted by molar-refractivity contribution is 0.103. The third-order valence-corrected chi connectivity index (χ3v) is 2.36. The molecular weight excluding hydrogens is 246 g/mol. The molecule has 0 fully saturated rings. The summed E-state index contributed by atoms with van der Waals surface area (Å²) >= 11 is 3.31. The average Bonchev–Trinajstić information content (AvgIpc) is 2.69. The fourth-order valence-electron chi connectivity index (χ4n) is 1.23. The molecule has 0 atom stereocenters. The highest BCUT2D eigenvalue weighted by molar-refractivity contribution is 9.10. The van der Waals surface area contributed by atoms with Crippen molar-refractivity contribution in [2.75, 3.05) is 13.2 Å². The summed E-state index contributed by atoms with van der Waals surface area (Å²) in [6.45, 7) is 1.09. The molecule has 0 amide bonds. The maximum atomic E-state index is 11.7. The van der Waals surface area contributed by atoms with Gasteiger partial charge in [0, 0.05) is 10.0 Å². The lowest BCUT2D eigenvalue weighted by Gasteiger charge is -2.00. The highest BCUT2D eigenvalue weighted by Crippen LogP contribution is 2.13. The first-order chi connectivity index (χ1) is 6.77. The SMILES string of the molecule is O=C(C1=NCCO1)c1cccc(Br)c1. The quantitative estimate of drug-likeness (QED) is 0.757. The largest absolute Gasteiger partial charge is 0.473 e. The van der Waals surface area contributed by atoms with Crippen LogP contribution >= 0.6 is 15.9 Å². The zero-order valence-corrected chi connectivity index (χ0v) is 8.95. The first-order valence-corrected chi connectivity index (χ1v) is 5.04. The van der Waals surface area contributed by atoms with Crippen LogP contribution in [0.3, 0.4) is 0 Å². The van der Waals surface area contributed by atoms with Crippen LogP contribution in [-0.2, 0) is 4.74 Å². The predicted octanol–water partition coefficient (Wildman–Crippen LogP) is 2.06. The van der Waals surface area contributed by atoms with Gasteiger partial charge in [-0.15, -0.1) is 0 Å². The monoisotopic (exact) mass is 253 g/mol. The molecule has 1 aromatic carbocycles. The summed E-state index contributed by atoms with van der Waals surface area (Å²) < 4.78 is 5.97. The molecule has 0 spiro atoms. The Kier molecular flexibility index (Phi) is 2.63. The van der Waals surface area contributed by atoms with E-state index in [-0.39, 0.29) is 11.7 Å². The second kappa shape index (κ2) is 3.92. The molecular formula is C10H8BrNO2. The molecule has 1 aliphatic rings. The normalized spacial score (nSPS) is 14.8. The van der Waals surface area contributed by atoms with Gasteiger partial charge in [0.2, 0.25) is 5.78 Å². The minimum Gasteiger partial charge on any atom is -0.473 e. The second-order valence-electron chi connectivity index (χ2n) is 2.87. The van der Waals surface area contributed by atoms with E-state index in [0.717, 1.165) is 4.47 Å². The summed E-state index contributed by atoms with van der Waals surface area (Å²) in [4.78, 5) is 15.7. The van der Waals surface area contributed by atoms with Gasteiger partial charge in [0.25, 0.3) is 5.90 Å². The van der Waals surface area contributed by atoms with Crippen LogP contribution < -0.4 is 0 Å². The Labute approximate surface area is 89.9 Å². The first-order valence-electron chi connectivity index (χ1n) is 4.25. The van der Waals surface area contributed by atoms with Crippen LogP contribution in [-0.4, -0.2) is 24.8 Å². The molecule has 0 saturated carbocycles. The van der Waals surface area contributed by atoms with Gasteiger partial charge in [-0.2, -0.15) is 0 Å². The van der Waals surface area contributed by atoms with Gasteiger partial charge in [-0.3, -0.25) is 4.79 Å². The Balaban J connectivity index is 2.27. The molecule has 1 aromatic rings. The van der Waals surface area contributed by atoms with Gasteiger partial charge < -0.3 is 4.74 Å². The number of aliphatic imine (C=N–C) groups is 1. The molecule has 3 nitrogen and oxygen atoms in total. The molecule has 0 unspecified atom stereocenters. The van der Waals surface area contributed by atoms with Gasteiger partial charge >= 0.3 is 0 Å². The van der Waals surface area contributed by atoms with Gasteiger partial charge in [-0.1, -0.05) is 28.1 Å². The Bertz CT molecular complexity index is 401. The molecule has 0 radical (unpaired) electrons. The van der Waals surface area contributed by atoms with Crippen molar-refractivity contribution >= 4 is 27.6 Å². The zero-order valence-electron chi connectivity index (χ0n) is 7.37. The van der Waals surface area contributed by atoms with Crippen LogP contribution in [0, 0.1) is 0 Å². The van der Waals surface area contributed by atoms with E-state index in [9.17, 15) is 4.79 Å². The van der Waals surface area contributed by atoms with E-state index in [2.05, 4.69) is 20.9 Å². The molecule has 0 saturated heterocycles. The number of nitrogens with zero attached hydrogens (tertiary/aromatic N) is 1. The third-order valence-electron chi connectivity index (χ3n) is 1.87. The Hall–Kier alpha value is -1.16. The van der Waals surface area contributed by atoms with Crippen LogP contribution in [0.5, 0.6) is 0 Å².